The van der Waals surface area contributed by atoms with E-state index in [1.54, 1.807) is 6.08 Å². The van der Waals surface area contributed by atoms with Crippen LogP contribution in [0.25, 0.3) is 0 Å². The van der Waals surface area contributed by atoms with E-state index in [1.165, 1.54) is 11.8 Å². The van der Waals surface area contributed by atoms with Crippen LogP contribution < -0.4 is 0 Å². The second kappa shape index (κ2) is 7.01. The average molecular weight is 202 g/mol. The molecule has 1 N–H and O–H groups in total. The van der Waals surface area contributed by atoms with Crippen LogP contribution in [0.3, 0.4) is 0 Å². The minimum absolute atomic E-state index is 0.104. The molecular formula is C10H18O2S. The quantitative estimate of drug-likeness (QED) is 0.645. The fourth-order valence-electron chi connectivity index (χ4n) is 1.29. The molecule has 0 aliphatic heterocycles. The Balaban J connectivity index is 4.16. The standard InChI is InChI=1S/C10H18O2S/c1-4-6-7-8(5-2)9(13-3)10(11)12/h5,8-9H,2,4,6-7H2,1,3H3,(H,11,12). The molecule has 0 aliphatic carbocycles. The number of carboxylic acids is 1. The number of hydrogen-bond donors (Lipinski definition) is 1. The molecule has 2 atom stereocenters. The Morgan fingerprint density at radius 3 is 2.62 bits per heavy atom. The lowest BCUT2D eigenvalue weighted by atomic mass is 9.98. The normalized spacial score (nSPS) is 14.9. The molecule has 0 spiro atoms. The molecule has 0 bridgehead atoms. The third-order valence-corrected chi connectivity index (χ3v) is 3.14. The van der Waals surface area contributed by atoms with Crippen LogP contribution in [-0.2, 0) is 4.79 Å². The maximum absolute atomic E-state index is 10.8. The molecule has 0 aliphatic rings. The first-order chi connectivity index (χ1) is 6.17. The lowest BCUT2D eigenvalue weighted by molar-refractivity contribution is -0.137. The van der Waals surface area contributed by atoms with E-state index in [0.717, 1.165) is 19.3 Å². The lowest BCUT2D eigenvalue weighted by Crippen LogP contribution is -2.24. The Labute approximate surface area is 84.4 Å². The molecule has 0 aromatic rings. The van der Waals surface area contributed by atoms with Gasteiger partial charge in [-0.15, -0.1) is 18.3 Å². The zero-order valence-electron chi connectivity index (χ0n) is 8.32. The topological polar surface area (TPSA) is 37.3 Å². The Kier molecular flexibility index (Phi) is 6.77. The van der Waals surface area contributed by atoms with Crippen molar-refractivity contribution in [2.75, 3.05) is 6.26 Å². The highest BCUT2D eigenvalue weighted by atomic mass is 32.2. The van der Waals surface area contributed by atoms with Crippen LogP contribution in [0.15, 0.2) is 12.7 Å². The summed E-state index contributed by atoms with van der Waals surface area (Å²) in [7, 11) is 0. The Morgan fingerprint density at radius 2 is 2.31 bits per heavy atom. The van der Waals surface area contributed by atoms with Crippen LogP contribution in [0, 0.1) is 5.92 Å². The Bertz CT molecular complexity index is 168. The van der Waals surface area contributed by atoms with Crippen molar-refractivity contribution in [2.45, 2.75) is 31.4 Å². The van der Waals surface area contributed by atoms with Gasteiger partial charge in [0.15, 0.2) is 0 Å². The summed E-state index contributed by atoms with van der Waals surface area (Å²) < 4.78 is 0. The van der Waals surface area contributed by atoms with Crippen molar-refractivity contribution in [1.82, 2.24) is 0 Å². The number of allylic oxidation sites excluding steroid dienone is 1. The first-order valence-electron chi connectivity index (χ1n) is 4.55. The SMILES string of the molecule is C=CC(CCCC)C(SC)C(=O)O. The van der Waals surface area contributed by atoms with Gasteiger partial charge in [0.2, 0.25) is 0 Å². The van der Waals surface area contributed by atoms with Crippen LogP contribution >= 0.6 is 11.8 Å². The molecule has 0 heterocycles. The molecule has 0 saturated carbocycles. The van der Waals surface area contributed by atoms with Crippen molar-refractivity contribution < 1.29 is 9.90 Å². The number of rotatable bonds is 7. The molecule has 0 rings (SSSR count). The van der Waals surface area contributed by atoms with E-state index in [0.29, 0.717) is 0 Å². The van der Waals surface area contributed by atoms with E-state index in [-0.39, 0.29) is 11.2 Å². The van der Waals surface area contributed by atoms with Crippen molar-refractivity contribution in [1.29, 1.82) is 0 Å². The fraction of sp³-hybridized carbons (Fsp3) is 0.700. The van der Waals surface area contributed by atoms with Crippen LogP contribution in [0.4, 0.5) is 0 Å². The van der Waals surface area contributed by atoms with Gasteiger partial charge in [0, 0.05) is 0 Å². The largest absolute Gasteiger partial charge is 0.480 e. The average Bonchev–Trinajstić information content (AvgIpc) is 2.11. The number of hydrogen-bond acceptors (Lipinski definition) is 2. The summed E-state index contributed by atoms with van der Waals surface area (Å²) in [4.78, 5) is 10.8. The van der Waals surface area contributed by atoms with Gasteiger partial charge >= 0.3 is 5.97 Å². The molecule has 0 amide bonds. The van der Waals surface area contributed by atoms with Crippen LogP contribution in [0.5, 0.6) is 0 Å². The smallest absolute Gasteiger partial charge is 0.317 e. The summed E-state index contributed by atoms with van der Waals surface area (Å²) in [6.45, 7) is 5.79. The molecule has 0 radical (unpaired) electrons. The van der Waals surface area contributed by atoms with Gasteiger partial charge < -0.3 is 5.11 Å². The van der Waals surface area contributed by atoms with Gasteiger partial charge in [0.25, 0.3) is 0 Å². The molecule has 0 aromatic heterocycles. The van der Waals surface area contributed by atoms with Gasteiger partial charge in [-0.05, 0) is 18.6 Å². The fourth-order valence-corrected chi connectivity index (χ4v) is 2.09. The molecule has 2 nitrogen and oxygen atoms in total. The van der Waals surface area contributed by atoms with Crippen molar-refractivity contribution in [3.05, 3.63) is 12.7 Å². The molecule has 0 aromatic carbocycles. The van der Waals surface area contributed by atoms with Crippen molar-refractivity contribution >= 4 is 17.7 Å². The summed E-state index contributed by atoms with van der Waals surface area (Å²) in [5, 5.41) is 8.58. The maximum Gasteiger partial charge on any atom is 0.317 e. The van der Waals surface area contributed by atoms with E-state index in [2.05, 4.69) is 13.5 Å². The number of carboxylic acid groups (broad SMARTS) is 1. The summed E-state index contributed by atoms with van der Waals surface area (Å²) in [6, 6.07) is 0. The molecule has 76 valence electrons. The second-order valence-electron chi connectivity index (χ2n) is 3.04. The van der Waals surface area contributed by atoms with Crippen LogP contribution in [0.1, 0.15) is 26.2 Å². The molecule has 0 saturated heterocycles. The number of carbonyl (C=O) groups is 1. The van der Waals surface area contributed by atoms with Gasteiger partial charge in [-0.25, -0.2) is 0 Å². The zero-order valence-corrected chi connectivity index (χ0v) is 9.14. The van der Waals surface area contributed by atoms with Crippen LogP contribution in [-0.4, -0.2) is 22.6 Å². The van der Waals surface area contributed by atoms with Crippen molar-refractivity contribution in [3.8, 4) is 0 Å². The van der Waals surface area contributed by atoms with Gasteiger partial charge in [-0.3, -0.25) is 4.79 Å². The van der Waals surface area contributed by atoms with E-state index >= 15 is 0 Å². The van der Waals surface area contributed by atoms with Crippen molar-refractivity contribution in [2.24, 2.45) is 5.92 Å². The van der Waals surface area contributed by atoms with Gasteiger partial charge in [0.05, 0.1) is 0 Å². The molecule has 13 heavy (non-hydrogen) atoms. The summed E-state index contributed by atoms with van der Waals surface area (Å²) in [5.74, 6) is -0.624. The third kappa shape index (κ3) is 4.36. The highest BCUT2D eigenvalue weighted by molar-refractivity contribution is 7.99. The van der Waals surface area contributed by atoms with Gasteiger partial charge in [-0.2, -0.15) is 0 Å². The predicted octanol–water partition coefficient (Wildman–Crippen LogP) is 2.80. The first kappa shape index (κ1) is 12.6. The lowest BCUT2D eigenvalue weighted by Gasteiger charge is -2.18. The summed E-state index contributed by atoms with van der Waals surface area (Å²) in [5.41, 5.74) is 0. The second-order valence-corrected chi connectivity index (χ2v) is 4.02. The summed E-state index contributed by atoms with van der Waals surface area (Å²) in [6.07, 6.45) is 6.70. The minimum Gasteiger partial charge on any atom is -0.480 e. The van der Waals surface area contributed by atoms with E-state index in [1.807, 2.05) is 6.26 Å². The maximum atomic E-state index is 10.8. The van der Waals surface area contributed by atoms with E-state index < -0.39 is 5.97 Å². The van der Waals surface area contributed by atoms with Gasteiger partial charge in [0.1, 0.15) is 5.25 Å². The monoisotopic (exact) mass is 202 g/mol. The van der Waals surface area contributed by atoms with Crippen molar-refractivity contribution in [3.63, 3.8) is 0 Å². The first-order valence-corrected chi connectivity index (χ1v) is 5.84. The number of aliphatic carboxylic acids is 1. The van der Waals surface area contributed by atoms with E-state index in [4.69, 9.17) is 5.11 Å². The minimum atomic E-state index is -0.728. The summed E-state index contributed by atoms with van der Waals surface area (Å²) >= 11 is 1.39. The molecule has 0 fully saturated rings. The zero-order chi connectivity index (χ0) is 10.3. The Morgan fingerprint density at radius 1 is 1.69 bits per heavy atom. The van der Waals surface area contributed by atoms with E-state index in [9.17, 15) is 4.79 Å². The Hall–Kier alpha value is -0.440. The molecular weight excluding hydrogens is 184 g/mol. The van der Waals surface area contributed by atoms with Crippen LogP contribution in [0.2, 0.25) is 0 Å². The highest BCUT2D eigenvalue weighted by Gasteiger charge is 2.23. The van der Waals surface area contributed by atoms with Gasteiger partial charge in [-0.1, -0.05) is 25.8 Å². The number of thioether (sulfide) groups is 1. The molecule has 2 unspecified atom stereocenters. The molecule has 3 heteroatoms. The highest BCUT2D eigenvalue weighted by Crippen LogP contribution is 2.23. The predicted molar refractivity (Wildman–Crippen MR) is 58.2 cm³/mol. The number of unbranched alkanes of at least 4 members (excludes halogenated alkanes) is 1. The third-order valence-electron chi connectivity index (χ3n) is 2.08.